The standard InChI is InChI=1S/C13H28ClNO3/c1-3-4-6-15(7-5-14)8-9-17-12-13-18-11-10-16-2/h3-13H2,1-2H3. The highest BCUT2D eigenvalue weighted by atomic mass is 35.5. The van der Waals surface area contributed by atoms with E-state index < -0.39 is 0 Å². The van der Waals surface area contributed by atoms with Crippen LogP contribution in [0.5, 0.6) is 0 Å². The van der Waals surface area contributed by atoms with Crippen LogP contribution in [0.15, 0.2) is 0 Å². The zero-order valence-electron chi connectivity index (χ0n) is 11.8. The first kappa shape index (κ1) is 18.1. The molecule has 0 bridgehead atoms. The highest BCUT2D eigenvalue weighted by Crippen LogP contribution is 1.96. The fraction of sp³-hybridized carbons (Fsp3) is 1.00. The molecule has 0 aliphatic carbocycles. The van der Waals surface area contributed by atoms with Gasteiger partial charge in [-0.05, 0) is 13.0 Å². The van der Waals surface area contributed by atoms with E-state index in [9.17, 15) is 0 Å². The number of unbranched alkanes of at least 4 members (excludes halogenated alkanes) is 1. The van der Waals surface area contributed by atoms with Crippen LogP contribution in [0.1, 0.15) is 19.8 Å². The second-order valence-electron chi connectivity index (χ2n) is 4.10. The fourth-order valence-electron chi connectivity index (χ4n) is 1.49. The van der Waals surface area contributed by atoms with Crippen molar-refractivity contribution < 1.29 is 14.2 Å². The molecule has 5 heteroatoms. The number of hydrogen-bond acceptors (Lipinski definition) is 4. The summed E-state index contributed by atoms with van der Waals surface area (Å²) in [6.45, 7) is 8.49. The normalized spacial score (nSPS) is 11.3. The second kappa shape index (κ2) is 15.2. The molecule has 0 aliphatic rings. The Bertz CT molecular complexity index is 161. The summed E-state index contributed by atoms with van der Waals surface area (Å²) in [5.41, 5.74) is 0. The highest BCUT2D eigenvalue weighted by Gasteiger charge is 2.02. The number of hydrogen-bond donors (Lipinski definition) is 0. The van der Waals surface area contributed by atoms with Crippen molar-refractivity contribution in [1.29, 1.82) is 0 Å². The predicted octanol–water partition coefficient (Wildman–Crippen LogP) is 2.01. The lowest BCUT2D eigenvalue weighted by Gasteiger charge is -2.20. The monoisotopic (exact) mass is 281 g/mol. The van der Waals surface area contributed by atoms with Crippen LogP contribution in [-0.2, 0) is 14.2 Å². The third kappa shape index (κ3) is 12.6. The molecule has 0 saturated carbocycles. The van der Waals surface area contributed by atoms with Gasteiger partial charge in [0, 0.05) is 26.1 Å². The molecule has 0 atom stereocenters. The molecule has 0 rings (SSSR count). The van der Waals surface area contributed by atoms with E-state index in [1.807, 2.05) is 0 Å². The van der Waals surface area contributed by atoms with Gasteiger partial charge in [-0.15, -0.1) is 11.6 Å². The average Bonchev–Trinajstić information content (AvgIpc) is 2.39. The summed E-state index contributed by atoms with van der Waals surface area (Å²) in [5.74, 6) is 0.684. The summed E-state index contributed by atoms with van der Waals surface area (Å²) >= 11 is 5.77. The van der Waals surface area contributed by atoms with E-state index in [1.165, 1.54) is 12.8 Å². The highest BCUT2D eigenvalue weighted by molar-refractivity contribution is 6.18. The maximum atomic E-state index is 5.77. The maximum Gasteiger partial charge on any atom is 0.0701 e. The molecule has 4 nitrogen and oxygen atoms in total. The van der Waals surface area contributed by atoms with E-state index in [2.05, 4.69) is 11.8 Å². The van der Waals surface area contributed by atoms with Crippen molar-refractivity contribution in [3.05, 3.63) is 0 Å². The van der Waals surface area contributed by atoms with Gasteiger partial charge in [0.05, 0.1) is 33.0 Å². The summed E-state index contributed by atoms with van der Waals surface area (Å²) in [6.07, 6.45) is 2.43. The van der Waals surface area contributed by atoms with Crippen LogP contribution >= 0.6 is 11.6 Å². The van der Waals surface area contributed by atoms with Crippen LogP contribution in [-0.4, -0.2) is 70.6 Å². The molecule has 0 heterocycles. The van der Waals surface area contributed by atoms with Crippen molar-refractivity contribution in [2.75, 3.05) is 65.7 Å². The molecule has 0 amide bonds. The molecule has 0 aromatic heterocycles. The van der Waals surface area contributed by atoms with Crippen molar-refractivity contribution in [3.63, 3.8) is 0 Å². The number of rotatable bonds is 14. The van der Waals surface area contributed by atoms with Crippen LogP contribution in [0, 0.1) is 0 Å². The first-order valence-electron chi connectivity index (χ1n) is 6.77. The summed E-state index contributed by atoms with van der Waals surface area (Å²) in [5, 5.41) is 0. The SMILES string of the molecule is CCCCN(CCCl)CCOCCOCCOC. The van der Waals surface area contributed by atoms with Crippen LogP contribution in [0.2, 0.25) is 0 Å². The lowest BCUT2D eigenvalue weighted by Crippen LogP contribution is -2.30. The van der Waals surface area contributed by atoms with Crippen molar-refractivity contribution in [1.82, 2.24) is 4.90 Å². The number of halogens is 1. The first-order chi connectivity index (χ1) is 8.85. The van der Waals surface area contributed by atoms with Gasteiger partial charge in [-0.3, -0.25) is 4.90 Å². The van der Waals surface area contributed by atoms with Gasteiger partial charge in [0.1, 0.15) is 0 Å². The Morgan fingerprint density at radius 1 is 0.889 bits per heavy atom. The Kier molecular flexibility index (Phi) is 15.3. The number of methoxy groups -OCH3 is 1. The first-order valence-corrected chi connectivity index (χ1v) is 7.31. The smallest absolute Gasteiger partial charge is 0.0701 e. The van der Waals surface area contributed by atoms with Gasteiger partial charge in [-0.1, -0.05) is 13.3 Å². The van der Waals surface area contributed by atoms with Gasteiger partial charge < -0.3 is 14.2 Å². The largest absolute Gasteiger partial charge is 0.382 e. The van der Waals surface area contributed by atoms with Crippen LogP contribution < -0.4 is 0 Å². The zero-order chi connectivity index (χ0) is 13.5. The molecule has 0 N–H and O–H groups in total. The molecule has 18 heavy (non-hydrogen) atoms. The Morgan fingerprint density at radius 3 is 2.17 bits per heavy atom. The molecule has 0 aromatic rings. The van der Waals surface area contributed by atoms with Gasteiger partial charge in [-0.2, -0.15) is 0 Å². The molecular formula is C13H28ClNO3. The van der Waals surface area contributed by atoms with Crippen LogP contribution in [0.25, 0.3) is 0 Å². The average molecular weight is 282 g/mol. The summed E-state index contributed by atoms with van der Waals surface area (Å²) < 4.78 is 15.7. The predicted molar refractivity (Wildman–Crippen MR) is 75.6 cm³/mol. The van der Waals surface area contributed by atoms with Crippen molar-refractivity contribution >= 4 is 11.6 Å². The molecule has 0 spiro atoms. The fourth-order valence-corrected chi connectivity index (χ4v) is 1.73. The minimum Gasteiger partial charge on any atom is -0.382 e. The lowest BCUT2D eigenvalue weighted by molar-refractivity contribution is 0.0197. The van der Waals surface area contributed by atoms with Crippen molar-refractivity contribution in [2.45, 2.75) is 19.8 Å². The van der Waals surface area contributed by atoms with Crippen molar-refractivity contribution in [3.8, 4) is 0 Å². The van der Waals surface area contributed by atoms with Crippen LogP contribution in [0.3, 0.4) is 0 Å². The third-order valence-electron chi connectivity index (χ3n) is 2.58. The molecular weight excluding hydrogens is 254 g/mol. The molecule has 0 radical (unpaired) electrons. The van der Waals surface area contributed by atoms with E-state index in [4.69, 9.17) is 25.8 Å². The summed E-state index contributed by atoms with van der Waals surface area (Å²) in [7, 11) is 1.67. The minimum absolute atomic E-state index is 0.633. The van der Waals surface area contributed by atoms with Gasteiger partial charge >= 0.3 is 0 Å². The second-order valence-corrected chi connectivity index (χ2v) is 4.48. The third-order valence-corrected chi connectivity index (χ3v) is 2.75. The van der Waals surface area contributed by atoms with Gasteiger partial charge in [0.25, 0.3) is 0 Å². The molecule has 0 aliphatic heterocycles. The van der Waals surface area contributed by atoms with E-state index in [-0.39, 0.29) is 0 Å². The molecule has 0 aromatic carbocycles. The molecule has 0 fully saturated rings. The Hall–Kier alpha value is 0.130. The molecule has 0 unspecified atom stereocenters. The van der Waals surface area contributed by atoms with E-state index in [0.717, 1.165) is 26.2 Å². The van der Waals surface area contributed by atoms with E-state index >= 15 is 0 Å². The minimum atomic E-state index is 0.633. The number of alkyl halides is 1. The summed E-state index contributed by atoms with van der Waals surface area (Å²) in [6, 6.07) is 0. The topological polar surface area (TPSA) is 30.9 Å². The van der Waals surface area contributed by atoms with Gasteiger partial charge in [0.2, 0.25) is 0 Å². The van der Waals surface area contributed by atoms with E-state index in [0.29, 0.717) is 32.3 Å². The quantitative estimate of drug-likeness (QED) is 0.360. The lowest BCUT2D eigenvalue weighted by atomic mass is 10.3. The van der Waals surface area contributed by atoms with Gasteiger partial charge in [0.15, 0.2) is 0 Å². The molecule has 0 saturated heterocycles. The number of nitrogens with zero attached hydrogens (tertiary/aromatic N) is 1. The maximum absolute atomic E-state index is 5.77. The van der Waals surface area contributed by atoms with E-state index in [1.54, 1.807) is 7.11 Å². The Labute approximate surface area is 117 Å². The van der Waals surface area contributed by atoms with Crippen LogP contribution in [0.4, 0.5) is 0 Å². The van der Waals surface area contributed by atoms with Gasteiger partial charge in [-0.25, -0.2) is 0 Å². The van der Waals surface area contributed by atoms with Crippen molar-refractivity contribution in [2.24, 2.45) is 0 Å². The Morgan fingerprint density at radius 2 is 1.56 bits per heavy atom. The number of ether oxygens (including phenoxy) is 3. The summed E-state index contributed by atoms with van der Waals surface area (Å²) in [4.78, 5) is 2.35. The molecule has 110 valence electrons. The Balaban J connectivity index is 3.31. The zero-order valence-corrected chi connectivity index (χ0v) is 12.6.